The third-order valence-electron chi connectivity index (χ3n) is 1.92. The fourth-order valence-corrected chi connectivity index (χ4v) is 0.967. The van der Waals surface area contributed by atoms with Crippen molar-refractivity contribution in [3.05, 3.63) is 17.4 Å². The SMILES string of the molecule is CCN(C)C(=O)CNc1ncc(Cl)cn1. The number of rotatable bonds is 4. The molecule has 0 aromatic carbocycles. The first-order valence-electron chi connectivity index (χ1n) is 4.59. The summed E-state index contributed by atoms with van der Waals surface area (Å²) < 4.78 is 0. The number of halogens is 1. The van der Waals surface area contributed by atoms with E-state index in [-0.39, 0.29) is 12.5 Å². The van der Waals surface area contributed by atoms with E-state index in [0.29, 0.717) is 17.5 Å². The van der Waals surface area contributed by atoms with Crippen molar-refractivity contribution >= 4 is 23.5 Å². The van der Waals surface area contributed by atoms with Crippen LogP contribution in [0.3, 0.4) is 0 Å². The molecule has 1 heterocycles. The molecule has 0 unspecified atom stereocenters. The van der Waals surface area contributed by atoms with Crippen LogP contribution >= 0.6 is 11.6 Å². The van der Waals surface area contributed by atoms with Crippen molar-refractivity contribution < 1.29 is 4.79 Å². The van der Waals surface area contributed by atoms with Crippen molar-refractivity contribution in [2.24, 2.45) is 0 Å². The molecule has 1 aromatic rings. The van der Waals surface area contributed by atoms with Crippen molar-refractivity contribution in [2.45, 2.75) is 6.92 Å². The number of nitrogens with zero attached hydrogens (tertiary/aromatic N) is 3. The predicted molar refractivity (Wildman–Crippen MR) is 58.8 cm³/mol. The van der Waals surface area contributed by atoms with Crippen molar-refractivity contribution in [3.8, 4) is 0 Å². The van der Waals surface area contributed by atoms with E-state index in [1.54, 1.807) is 11.9 Å². The third-order valence-corrected chi connectivity index (χ3v) is 2.11. The zero-order valence-electron chi connectivity index (χ0n) is 8.70. The fraction of sp³-hybridized carbons (Fsp3) is 0.444. The first-order chi connectivity index (χ1) is 7.13. The van der Waals surface area contributed by atoms with Crippen LogP contribution in [0, 0.1) is 0 Å². The summed E-state index contributed by atoms with van der Waals surface area (Å²) in [6.45, 7) is 2.78. The molecule has 1 rings (SSSR count). The third kappa shape index (κ3) is 3.71. The average molecular weight is 229 g/mol. The molecule has 5 nitrogen and oxygen atoms in total. The maximum Gasteiger partial charge on any atom is 0.241 e. The van der Waals surface area contributed by atoms with Crippen LogP contribution in [0.2, 0.25) is 5.02 Å². The van der Waals surface area contributed by atoms with Crippen LogP contribution in [0.15, 0.2) is 12.4 Å². The number of likely N-dealkylation sites (N-methyl/N-ethyl adjacent to an activating group) is 1. The van der Waals surface area contributed by atoms with Crippen molar-refractivity contribution in [1.29, 1.82) is 0 Å². The molecule has 0 radical (unpaired) electrons. The van der Waals surface area contributed by atoms with E-state index in [1.807, 2.05) is 6.92 Å². The van der Waals surface area contributed by atoms with Crippen LogP contribution in [0.5, 0.6) is 0 Å². The molecule has 15 heavy (non-hydrogen) atoms. The van der Waals surface area contributed by atoms with Gasteiger partial charge in [-0.3, -0.25) is 4.79 Å². The molecule has 0 atom stereocenters. The number of nitrogens with one attached hydrogen (secondary N) is 1. The van der Waals surface area contributed by atoms with Gasteiger partial charge in [0.15, 0.2) is 0 Å². The van der Waals surface area contributed by atoms with E-state index in [1.165, 1.54) is 12.4 Å². The topological polar surface area (TPSA) is 58.1 Å². The molecule has 0 fully saturated rings. The summed E-state index contributed by atoms with van der Waals surface area (Å²) in [5.74, 6) is 0.397. The van der Waals surface area contributed by atoms with Gasteiger partial charge in [0.25, 0.3) is 0 Å². The van der Waals surface area contributed by atoms with Crippen LogP contribution in [0.25, 0.3) is 0 Å². The Kier molecular flexibility index (Phi) is 4.30. The number of carbonyl (C=O) groups excluding carboxylic acids is 1. The monoisotopic (exact) mass is 228 g/mol. The zero-order valence-corrected chi connectivity index (χ0v) is 9.45. The minimum atomic E-state index is -0.00366. The summed E-state index contributed by atoms with van der Waals surface area (Å²) in [6.07, 6.45) is 2.95. The molecule has 0 aliphatic carbocycles. The largest absolute Gasteiger partial charge is 0.345 e. The summed E-state index contributed by atoms with van der Waals surface area (Å²) in [4.78, 5) is 20.8. The van der Waals surface area contributed by atoms with Gasteiger partial charge in [-0.15, -0.1) is 0 Å². The fourth-order valence-electron chi connectivity index (χ4n) is 0.870. The van der Waals surface area contributed by atoms with Gasteiger partial charge in [-0.2, -0.15) is 0 Å². The van der Waals surface area contributed by atoms with E-state index >= 15 is 0 Å². The van der Waals surface area contributed by atoms with Crippen molar-refractivity contribution in [3.63, 3.8) is 0 Å². The molecule has 6 heteroatoms. The molecule has 82 valence electrons. The van der Waals surface area contributed by atoms with Crippen LogP contribution in [0.1, 0.15) is 6.92 Å². The molecule has 0 bridgehead atoms. The highest BCUT2D eigenvalue weighted by Gasteiger charge is 2.06. The Morgan fingerprint density at radius 2 is 2.13 bits per heavy atom. The Hall–Kier alpha value is -1.36. The molecular formula is C9H13ClN4O. The lowest BCUT2D eigenvalue weighted by molar-refractivity contribution is -0.127. The minimum absolute atomic E-state index is 0.00366. The minimum Gasteiger partial charge on any atom is -0.345 e. The van der Waals surface area contributed by atoms with Gasteiger partial charge in [0, 0.05) is 13.6 Å². The van der Waals surface area contributed by atoms with Crippen LogP contribution in [0.4, 0.5) is 5.95 Å². The average Bonchev–Trinajstić information content (AvgIpc) is 2.26. The van der Waals surface area contributed by atoms with Gasteiger partial charge >= 0.3 is 0 Å². The lowest BCUT2D eigenvalue weighted by Crippen LogP contribution is -2.32. The molecule has 1 amide bonds. The summed E-state index contributed by atoms with van der Waals surface area (Å²) in [7, 11) is 1.74. The van der Waals surface area contributed by atoms with Crippen LogP contribution in [-0.4, -0.2) is 40.9 Å². The summed E-state index contributed by atoms with van der Waals surface area (Å²) in [5, 5.41) is 3.28. The first kappa shape index (κ1) is 11.7. The maximum atomic E-state index is 11.4. The van der Waals surface area contributed by atoms with Gasteiger partial charge < -0.3 is 10.2 Å². The number of aromatic nitrogens is 2. The quantitative estimate of drug-likeness (QED) is 0.836. The Morgan fingerprint density at radius 3 is 2.67 bits per heavy atom. The Balaban J connectivity index is 2.43. The highest BCUT2D eigenvalue weighted by Crippen LogP contribution is 2.05. The van der Waals surface area contributed by atoms with Crippen molar-refractivity contribution in [2.75, 3.05) is 25.5 Å². The highest BCUT2D eigenvalue weighted by atomic mass is 35.5. The second-order valence-electron chi connectivity index (χ2n) is 2.99. The number of amides is 1. The molecule has 0 aliphatic rings. The second-order valence-corrected chi connectivity index (χ2v) is 3.42. The summed E-state index contributed by atoms with van der Waals surface area (Å²) in [5.41, 5.74) is 0. The van der Waals surface area contributed by atoms with Crippen molar-refractivity contribution in [1.82, 2.24) is 14.9 Å². The summed E-state index contributed by atoms with van der Waals surface area (Å²) >= 11 is 5.62. The molecule has 1 aromatic heterocycles. The molecular weight excluding hydrogens is 216 g/mol. The van der Waals surface area contributed by atoms with Crippen LogP contribution < -0.4 is 5.32 Å². The van der Waals surface area contributed by atoms with E-state index in [0.717, 1.165) is 0 Å². The standard InChI is InChI=1S/C9H13ClN4O/c1-3-14(2)8(15)6-13-9-11-4-7(10)5-12-9/h4-5H,3,6H2,1-2H3,(H,11,12,13). The Labute approximate surface area is 93.5 Å². The van der Waals surface area contributed by atoms with E-state index < -0.39 is 0 Å². The zero-order chi connectivity index (χ0) is 11.3. The molecule has 0 saturated carbocycles. The molecule has 0 spiro atoms. The first-order valence-corrected chi connectivity index (χ1v) is 4.96. The van der Waals surface area contributed by atoms with E-state index in [2.05, 4.69) is 15.3 Å². The summed E-state index contributed by atoms with van der Waals surface area (Å²) in [6, 6.07) is 0. The predicted octanol–water partition coefficient (Wildman–Crippen LogP) is 1.02. The second kappa shape index (κ2) is 5.50. The lowest BCUT2D eigenvalue weighted by Gasteiger charge is -2.14. The highest BCUT2D eigenvalue weighted by molar-refractivity contribution is 6.30. The van der Waals surface area contributed by atoms with Gasteiger partial charge in [-0.05, 0) is 6.92 Å². The van der Waals surface area contributed by atoms with E-state index in [4.69, 9.17) is 11.6 Å². The van der Waals surface area contributed by atoms with Gasteiger partial charge in [-0.1, -0.05) is 11.6 Å². The lowest BCUT2D eigenvalue weighted by atomic mass is 10.5. The van der Waals surface area contributed by atoms with Crippen LogP contribution in [-0.2, 0) is 4.79 Å². The number of carbonyl (C=O) groups is 1. The normalized spacial score (nSPS) is 9.80. The van der Waals surface area contributed by atoms with Gasteiger partial charge in [0.05, 0.1) is 24.0 Å². The number of anilines is 1. The molecule has 0 saturated heterocycles. The van der Waals surface area contributed by atoms with Gasteiger partial charge in [0.2, 0.25) is 11.9 Å². The van der Waals surface area contributed by atoms with Gasteiger partial charge in [-0.25, -0.2) is 9.97 Å². The number of hydrogen-bond acceptors (Lipinski definition) is 4. The molecule has 1 N–H and O–H groups in total. The molecule has 0 aliphatic heterocycles. The smallest absolute Gasteiger partial charge is 0.241 e. The van der Waals surface area contributed by atoms with Gasteiger partial charge in [0.1, 0.15) is 0 Å². The Morgan fingerprint density at radius 1 is 1.53 bits per heavy atom. The number of hydrogen-bond donors (Lipinski definition) is 1. The van der Waals surface area contributed by atoms with E-state index in [9.17, 15) is 4.79 Å². The maximum absolute atomic E-state index is 11.4. The Bertz CT molecular complexity index is 327.